The van der Waals surface area contributed by atoms with Crippen molar-refractivity contribution >= 4 is 0 Å². The Morgan fingerprint density at radius 2 is 1.96 bits per heavy atom. The average Bonchev–Trinajstić information content (AvgIpc) is 3.07. The van der Waals surface area contributed by atoms with E-state index in [4.69, 9.17) is 0 Å². The molecule has 1 unspecified atom stereocenters. The molecule has 0 aliphatic carbocycles. The highest BCUT2D eigenvalue weighted by atomic mass is 15.3. The molecule has 0 spiro atoms. The van der Waals surface area contributed by atoms with Crippen molar-refractivity contribution < 1.29 is 0 Å². The summed E-state index contributed by atoms with van der Waals surface area (Å²) in [6.45, 7) is 15.9. The molecule has 6 heteroatoms. The summed E-state index contributed by atoms with van der Waals surface area (Å²) in [7, 11) is 6.32. The summed E-state index contributed by atoms with van der Waals surface area (Å²) in [5.41, 5.74) is 2.79. The first kappa shape index (κ1) is 22.1. The van der Waals surface area contributed by atoms with Crippen molar-refractivity contribution in [2.45, 2.75) is 52.7 Å². The molecule has 6 nitrogen and oxygen atoms in total. The van der Waals surface area contributed by atoms with E-state index in [0.29, 0.717) is 12.0 Å². The molecular formula is C19H40N6. The first-order valence-electron chi connectivity index (χ1n) is 9.84. The molecular weight excluding hydrogens is 312 g/mol. The fourth-order valence-corrected chi connectivity index (χ4v) is 3.07. The van der Waals surface area contributed by atoms with Crippen LogP contribution in [0, 0.1) is 0 Å². The zero-order valence-corrected chi connectivity index (χ0v) is 17.5. The monoisotopic (exact) mass is 352 g/mol. The molecule has 1 fully saturated rings. The predicted octanol–water partition coefficient (Wildman–Crippen LogP) is 1.59. The van der Waals surface area contributed by atoms with Crippen LogP contribution in [0.15, 0.2) is 6.20 Å². The maximum Gasteiger partial charge on any atom is 0.0557 e. The van der Waals surface area contributed by atoms with E-state index in [1.807, 2.05) is 13.8 Å². The van der Waals surface area contributed by atoms with Gasteiger partial charge in [0.25, 0.3) is 0 Å². The topological polar surface area (TPSA) is 48.4 Å². The van der Waals surface area contributed by atoms with Crippen LogP contribution in [0.25, 0.3) is 0 Å². The third-order valence-corrected chi connectivity index (χ3v) is 4.91. The third kappa shape index (κ3) is 6.70. The van der Waals surface area contributed by atoms with E-state index in [1.54, 1.807) is 0 Å². The highest BCUT2D eigenvalue weighted by Crippen LogP contribution is 2.25. The number of likely N-dealkylation sites (N-methyl/N-ethyl adjacent to an activating group) is 1. The van der Waals surface area contributed by atoms with Crippen LogP contribution in [0.5, 0.6) is 0 Å². The van der Waals surface area contributed by atoms with Gasteiger partial charge in [-0.05, 0) is 33.3 Å². The van der Waals surface area contributed by atoms with Crippen molar-refractivity contribution in [1.82, 2.24) is 30.2 Å². The van der Waals surface area contributed by atoms with E-state index in [9.17, 15) is 0 Å². The Hall–Kier alpha value is -0.950. The smallest absolute Gasteiger partial charge is 0.0557 e. The molecule has 1 aromatic rings. The van der Waals surface area contributed by atoms with Gasteiger partial charge in [-0.15, -0.1) is 0 Å². The Kier molecular flexibility index (Phi) is 10.3. The van der Waals surface area contributed by atoms with Crippen LogP contribution >= 0.6 is 0 Å². The van der Waals surface area contributed by atoms with Crippen LogP contribution in [-0.4, -0.2) is 79.5 Å². The molecule has 146 valence electrons. The highest BCUT2D eigenvalue weighted by molar-refractivity contribution is 5.25. The van der Waals surface area contributed by atoms with Crippen molar-refractivity contribution in [2.24, 2.45) is 0 Å². The maximum atomic E-state index is 4.53. The molecule has 2 atom stereocenters. The van der Waals surface area contributed by atoms with Crippen molar-refractivity contribution in [3.05, 3.63) is 17.5 Å². The van der Waals surface area contributed by atoms with Gasteiger partial charge in [-0.1, -0.05) is 27.7 Å². The van der Waals surface area contributed by atoms with Gasteiger partial charge < -0.3 is 20.4 Å². The molecule has 1 aromatic heterocycles. The van der Waals surface area contributed by atoms with E-state index < -0.39 is 0 Å². The fraction of sp³-hybridized carbons (Fsp3) is 0.842. The molecule has 2 aliphatic rings. The minimum absolute atomic E-state index is 0.524. The van der Waals surface area contributed by atoms with Crippen molar-refractivity contribution in [3.63, 3.8) is 0 Å². The summed E-state index contributed by atoms with van der Waals surface area (Å²) >= 11 is 0. The van der Waals surface area contributed by atoms with Gasteiger partial charge in [0.1, 0.15) is 0 Å². The summed E-state index contributed by atoms with van der Waals surface area (Å²) in [6, 6.07) is 0.541. The minimum atomic E-state index is 0.524. The number of rotatable bonds is 3. The lowest BCUT2D eigenvalue weighted by atomic mass is 9.92. The van der Waals surface area contributed by atoms with Gasteiger partial charge in [-0.25, -0.2) is 0 Å². The second-order valence-corrected chi connectivity index (χ2v) is 6.95. The van der Waals surface area contributed by atoms with E-state index in [-0.39, 0.29) is 0 Å². The van der Waals surface area contributed by atoms with Gasteiger partial charge in [0.2, 0.25) is 0 Å². The van der Waals surface area contributed by atoms with Crippen LogP contribution in [0.3, 0.4) is 0 Å². The average molecular weight is 353 g/mol. The van der Waals surface area contributed by atoms with Crippen LogP contribution in [0.2, 0.25) is 0 Å². The Balaban J connectivity index is 0.000000388. The molecule has 0 bridgehead atoms. The lowest BCUT2D eigenvalue weighted by Crippen LogP contribution is -2.51. The van der Waals surface area contributed by atoms with Gasteiger partial charge in [-0.3, -0.25) is 4.68 Å². The molecule has 2 aliphatic heterocycles. The van der Waals surface area contributed by atoms with Crippen molar-refractivity contribution in [2.75, 3.05) is 53.9 Å². The lowest BCUT2D eigenvalue weighted by molar-refractivity contribution is 0.222. The van der Waals surface area contributed by atoms with E-state index in [0.717, 1.165) is 45.8 Å². The molecule has 0 saturated carbocycles. The second-order valence-electron chi connectivity index (χ2n) is 6.95. The molecule has 0 aromatic carbocycles. The predicted molar refractivity (Wildman–Crippen MR) is 107 cm³/mol. The third-order valence-electron chi connectivity index (χ3n) is 4.91. The Morgan fingerprint density at radius 3 is 2.56 bits per heavy atom. The number of hydrogen-bond acceptors (Lipinski definition) is 5. The summed E-state index contributed by atoms with van der Waals surface area (Å²) in [5.74, 6) is 0.524. The minimum Gasteiger partial charge on any atom is -0.311 e. The lowest BCUT2D eigenvalue weighted by Gasteiger charge is -2.35. The zero-order valence-electron chi connectivity index (χ0n) is 17.5. The Morgan fingerprint density at radius 1 is 1.28 bits per heavy atom. The van der Waals surface area contributed by atoms with Crippen LogP contribution in [0.4, 0.5) is 0 Å². The molecule has 0 radical (unpaired) electrons. The molecule has 0 amide bonds. The first-order chi connectivity index (χ1) is 12.0. The summed E-state index contributed by atoms with van der Waals surface area (Å²) < 4.78 is 2.16. The number of nitrogens with one attached hydrogen (secondary N) is 2. The van der Waals surface area contributed by atoms with Gasteiger partial charge >= 0.3 is 0 Å². The number of nitrogens with zero attached hydrogens (tertiary/aromatic N) is 4. The van der Waals surface area contributed by atoms with E-state index in [1.165, 1.54) is 11.3 Å². The van der Waals surface area contributed by atoms with Crippen LogP contribution < -0.4 is 10.6 Å². The quantitative estimate of drug-likeness (QED) is 0.865. The molecule has 25 heavy (non-hydrogen) atoms. The first-order valence-corrected chi connectivity index (χ1v) is 9.84. The summed E-state index contributed by atoms with van der Waals surface area (Å²) in [6.07, 6.45) is 2.07. The van der Waals surface area contributed by atoms with E-state index in [2.05, 4.69) is 71.4 Å². The molecule has 2 N–H and O–H groups in total. The number of fused-ring (bicyclic) bond motifs is 1. The maximum absolute atomic E-state index is 4.53. The van der Waals surface area contributed by atoms with Crippen LogP contribution in [-0.2, 0) is 13.1 Å². The summed E-state index contributed by atoms with van der Waals surface area (Å²) in [5, 5.41) is 11.6. The van der Waals surface area contributed by atoms with Crippen molar-refractivity contribution in [3.8, 4) is 0 Å². The zero-order chi connectivity index (χ0) is 18.8. The Bertz CT molecular complexity index is 470. The fourth-order valence-electron chi connectivity index (χ4n) is 3.07. The molecule has 1 saturated heterocycles. The largest absolute Gasteiger partial charge is 0.311 e. The highest BCUT2D eigenvalue weighted by Gasteiger charge is 2.27. The standard InChI is InChI=1S/C13H23N5.C4H11N.C2H6/c1-10(12-9-17(2)5-4-15-12)11-7-16-18-6-3-14-8-13(11)18;1-4-5(2)3;1-2/h7,10,12,14-15H,3-6,8-9H2,1-2H3;4H2,1-3H3;1-2H3/t10?,12-;;/m1../s1. The molecule has 3 heterocycles. The second kappa shape index (κ2) is 11.6. The number of hydrogen-bond donors (Lipinski definition) is 2. The van der Waals surface area contributed by atoms with Crippen molar-refractivity contribution in [1.29, 1.82) is 0 Å². The molecule has 3 rings (SSSR count). The van der Waals surface area contributed by atoms with Gasteiger partial charge in [0, 0.05) is 44.7 Å². The van der Waals surface area contributed by atoms with Gasteiger partial charge in [-0.2, -0.15) is 5.10 Å². The van der Waals surface area contributed by atoms with Crippen LogP contribution in [0.1, 0.15) is 44.9 Å². The van der Waals surface area contributed by atoms with E-state index >= 15 is 0 Å². The Labute approximate surface area is 154 Å². The van der Waals surface area contributed by atoms with Gasteiger partial charge in [0.05, 0.1) is 18.4 Å². The summed E-state index contributed by atoms with van der Waals surface area (Å²) in [4.78, 5) is 4.53. The number of aromatic nitrogens is 2. The SMILES string of the molecule is CC.CC(c1cnn2c1CNCC2)[C@H]1CN(C)CCN1.CCN(C)C. The normalized spacial score (nSPS) is 21.5. The number of piperazine rings is 1. The van der Waals surface area contributed by atoms with Gasteiger partial charge in [0.15, 0.2) is 0 Å².